The number of rotatable bonds is 7. The summed E-state index contributed by atoms with van der Waals surface area (Å²) in [5.74, 6) is 2.07. The van der Waals surface area contributed by atoms with Crippen molar-refractivity contribution in [1.82, 2.24) is 14.9 Å². The smallest absolute Gasteiger partial charge is 0.303 e. The zero-order valence-corrected chi connectivity index (χ0v) is 20.6. The normalized spacial score (nSPS) is 14.5. The number of fused-ring (bicyclic) bond motifs is 3. The number of hydrogen-bond acceptors (Lipinski definition) is 6. The zero-order chi connectivity index (χ0) is 23.8. The Morgan fingerprint density at radius 3 is 2.53 bits per heavy atom. The van der Waals surface area contributed by atoms with E-state index in [0.29, 0.717) is 0 Å². The molecule has 2 aliphatic rings. The molecular weight excluding hydrogens is 442 g/mol. The summed E-state index contributed by atoms with van der Waals surface area (Å²) >= 11 is 1.93. The van der Waals surface area contributed by atoms with Crippen molar-refractivity contribution in [3.63, 3.8) is 0 Å². The molecule has 2 aromatic carbocycles. The van der Waals surface area contributed by atoms with Crippen LogP contribution < -0.4 is 0 Å². The van der Waals surface area contributed by atoms with Gasteiger partial charge in [0.15, 0.2) is 0 Å². The third kappa shape index (κ3) is 6.20. The number of nitrogens with zero attached hydrogens (tertiary/aromatic N) is 3. The first-order valence-electron chi connectivity index (χ1n) is 12.1. The highest BCUT2D eigenvalue weighted by molar-refractivity contribution is 7.99. The van der Waals surface area contributed by atoms with Gasteiger partial charge in [0.05, 0.1) is 5.69 Å². The summed E-state index contributed by atoms with van der Waals surface area (Å²) < 4.78 is 0. The van der Waals surface area contributed by atoms with E-state index in [9.17, 15) is 0 Å². The maximum Gasteiger partial charge on any atom is 0.373 e. The van der Waals surface area contributed by atoms with E-state index in [2.05, 4.69) is 60.4 Å². The molecule has 34 heavy (non-hydrogen) atoms. The second-order valence-electron chi connectivity index (χ2n) is 8.95. The van der Waals surface area contributed by atoms with Crippen molar-refractivity contribution in [3.05, 3.63) is 76.7 Å². The van der Waals surface area contributed by atoms with Crippen LogP contribution >= 0.6 is 11.8 Å². The third-order valence-electron chi connectivity index (χ3n) is 6.40. The van der Waals surface area contributed by atoms with Gasteiger partial charge >= 0.3 is 6.15 Å². The molecule has 1 aliphatic heterocycles. The van der Waals surface area contributed by atoms with Crippen LogP contribution in [0.5, 0.6) is 0 Å². The van der Waals surface area contributed by atoms with Gasteiger partial charge in [-0.05, 0) is 62.5 Å². The molecule has 0 spiro atoms. The molecule has 0 N–H and O–H groups in total. The van der Waals surface area contributed by atoms with Crippen molar-refractivity contribution in [2.45, 2.75) is 50.5 Å². The van der Waals surface area contributed by atoms with Crippen molar-refractivity contribution in [2.75, 3.05) is 25.4 Å². The van der Waals surface area contributed by atoms with E-state index in [1.54, 1.807) is 0 Å². The van der Waals surface area contributed by atoms with E-state index in [-0.39, 0.29) is 6.15 Å². The molecule has 0 unspecified atom stereocenters. The van der Waals surface area contributed by atoms with Gasteiger partial charge < -0.3 is 4.90 Å². The molecule has 176 valence electrons. The summed E-state index contributed by atoms with van der Waals surface area (Å²) in [6, 6.07) is 17.4. The fourth-order valence-electron chi connectivity index (χ4n) is 4.83. The molecule has 2 heterocycles. The van der Waals surface area contributed by atoms with Gasteiger partial charge in [-0.2, -0.15) is 9.59 Å². The van der Waals surface area contributed by atoms with E-state index >= 15 is 0 Å². The van der Waals surface area contributed by atoms with E-state index in [1.807, 2.05) is 11.8 Å². The quantitative estimate of drug-likeness (QED) is 0.205. The number of carbonyl (C=O) groups excluding carboxylic acids is 2. The summed E-state index contributed by atoms with van der Waals surface area (Å²) in [7, 11) is 0. The second-order valence-corrected chi connectivity index (χ2v) is 10.0. The lowest BCUT2D eigenvalue weighted by Gasteiger charge is -2.26. The summed E-state index contributed by atoms with van der Waals surface area (Å²) in [4.78, 5) is 29.0. The minimum Gasteiger partial charge on any atom is -0.303 e. The Morgan fingerprint density at radius 2 is 1.76 bits per heavy atom. The van der Waals surface area contributed by atoms with Gasteiger partial charge in [0.25, 0.3) is 0 Å². The summed E-state index contributed by atoms with van der Waals surface area (Å²) in [5, 5.41) is 1.18. The molecule has 0 radical (unpaired) electrons. The van der Waals surface area contributed by atoms with Crippen molar-refractivity contribution >= 4 is 17.9 Å². The van der Waals surface area contributed by atoms with Crippen LogP contribution in [0.1, 0.15) is 53.9 Å². The minimum absolute atomic E-state index is 0.250. The SMILES string of the molecule is Cc1ccc2c(c1)Cc1nc(Cc3ccccc3)nc(SCCCN3CCCCC3)c1-2.O=C=O. The van der Waals surface area contributed by atoms with Crippen LogP contribution in [-0.4, -0.2) is 46.4 Å². The Kier molecular flexibility index (Phi) is 8.64. The first-order chi connectivity index (χ1) is 16.7. The fraction of sp³-hybridized carbons (Fsp3) is 0.393. The lowest BCUT2D eigenvalue weighted by molar-refractivity contribution is -0.191. The third-order valence-corrected chi connectivity index (χ3v) is 7.46. The molecule has 1 fully saturated rings. The highest BCUT2D eigenvalue weighted by Crippen LogP contribution is 2.41. The maximum atomic E-state index is 8.12. The summed E-state index contributed by atoms with van der Waals surface area (Å²) in [5.41, 5.74) is 7.83. The second kappa shape index (κ2) is 12.1. The monoisotopic (exact) mass is 473 g/mol. The molecule has 0 bridgehead atoms. The van der Waals surface area contributed by atoms with E-state index in [1.165, 1.54) is 83.9 Å². The Balaban J connectivity index is 0.000000868. The lowest BCUT2D eigenvalue weighted by Crippen LogP contribution is -2.30. The highest BCUT2D eigenvalue weighted by atomic mass is 32.2. The van der Waals surface area contributed by atoms with Gasteiger partial charge in [0.2, 0.25) is 0 Å². The van der Waals surface area contributed by atoms with E-state index < -0.39 is 0 Å². The number of piperidine rings is 1. The average Bonchev–Trinajstić information content (AvgIpc) is 3.21. The zero-order valence-electron chi connectivity index (χ0n) is 19.8. The molecule has 1 saturated heterocycles. The van der Waals surface area contributed by atoms with Crippen molar-refractivity contribution in [2.24, 2.45) is 0 Å². The topological polar surface area (TPSA) is 63.2 Å². The van der Waals surface area contributed by atoms with Gasteiger partial charge in [-0.3, -0.25) is 0 Å². The number of aromatic nitrogens is 2. The van der Waals surface area contributed by atoms with Gasteiger partial charge in [-0.1, -0.05) is 60.5 Å². The number of aryl methyl sites for hydroxylation is 1. The van der Waals surface area contributed by atoms with Gasteiger partial charge in [-0.15, -0.1) is 11.8 Å². The van der Waals surface area contributed by atoms with Gasteiger partial charge in [-0.25, -0.2) is 9.97 Å². The first kappa shape index (κ1) is 24.3. The molecule has 0 atom stereocenters. The fourth-order valence-corrected chi connectivity index (χ4v) is 5.84. The van der Waals surface area contributed by atoms with Crippen LogP contribution in [0.25, 0.3) is 11.1 Å². The summed E-state index contributed by atoms with van der Waals surface area (Å²) in [6.45, 7) is 5.95. The maximum absolute atomic E-state index is 8.12. The molecule has 1 aliphatic carbocycles. The van der Waals surface area contributed by atoms with Crippen LogP contribution in [-0.2, 0) is 22.4 Å². The van der Waals surface area contributed by atoms with Crippen LogP contribution in [0.3, 0.4) is 0 Å². The average molecular weight is 474 g/mol. The lowest BCUT2D eigenvalue weighted by atomic mass is 10.1. The van der Waals surface area contributed by atoms with Gasteiger partial charge in [0.1, 0.15) is 10.9 Å². The predicted molar refractivity (Wildman–Crippen MR) is 135 cm³/mol. The molecule has 1 aromatic heterocycles. The Hall–Kier alpha value is -2.79. The molecule has 0 saturated carbocycles. The van der Waals surface area contributed by atoms with Crippen LogP contribution in [0.15, 0.2) is 53.6 Å². The van der Waals surface area contributed by atoms with Crippen LogP contribution in [0.2, 0.25) is 0 Å². The number of hydrogen-bond donors (Lipinski definition) is 0. The van der Waals surface area contributed by atoms with E-state index in [4.69, 9.17) is 19.6 Å². The Labute approximate surface area is 206 Å². The van der Waals surface area contributed by atoms with Crippen molar-refractivity contribution in [3.8, 4) is 11.1 Å². The first-order valence-corrected chi connectivity index (χ1v) is 13.0. The number of likely N-dealkylation sites (tertiary alicyclic amines) is 1. The summed E-state index contributed by atoms with van der Waals surface area (Å²) in [6.07, 6.45) is 7.33. The molecule has 0 amide bonds. The number of benzene rings is 2. The highest BCUT2D eigenvalue weighted by Gasteiger charge is 2.25. The van der Waals surface area contributed by atoms with Crippen LogP contribution in [0.4, 0.5) is 0 Å². The predicted octanol–water partition coefficient (Wildman–Crippen LogP) is 5.33. The minimum atomic E-state index is 0.250. The van der Waals surface area contributed by atoms with Crippen LogP contribution in [0, 0.1) is 6.92 Å². The van der Waals surface area contributed by atoms with Crippen molar-refractivity contribution < 1.29 is 9.59 Å². The molecule has 5 nitrogen and oxygen atoms in total. The van der Waals surface area contributed by atoms with Crippen molar-refractivity contribution in [1.29, 1.82) is 0 Å². The van der Waals surface area contributed by atoms with E-state index in [0.717, 1.165) is 24.4 Å². The standard InChI is InChI=1S/C27H31N3S.CO2/c1-20-11-12-23-22(17-20)19-24-26(23)27(31-16-8-15-30-13-6-3-7-14-30)29-25(28-24)18-21-9-4-2-5-10-21;2-1-3/h2,4-5,9-12,17H,3,6-8,13-16,18-19H2,1H3;. The molecule has 6 heteroatoms. The molecule has 5 rings (SSSR count). The molecule has 3 aromatic rings. The number of thioether (sulfide) groups is 1. The van der Waals surface area contributed by atoms with Gasteiger partial charge in [0, 0.05) is 24.2 Å². The Morgan fingerprint density at radius 1 is 1.00 bits per heavy atom. The molecular formula is C28H31N3O2S. The largest absolute Gasteiger partial charge is 0.373 e. The Bertz CT molecular complexity index is 1140.